The molecular weight excluding hydrogens is 240 g/mol. The minimum absolute atomic E-state index is 0.106. The highest BCUT2D eigenvalue weighted by Gasteiger charge is 2.07. The second-order valence-corrected chi connectivity index (χ2v) is 4.10. The highest BCUT2D eigenvalue weighted by atomic mass is 16.5. The Kier molecular flexibility index (Phi) is 3.93. The quantitative estimate of drug-likeness (QED) is 0.380. The Balaban J connectivity index is 2.04. The predicted molar refractivity (Wildman–Crippen MR) is 73.5 cm³/mol. The van der Waals surface area contributed by atoms with E-state index in [-0.39, 0.29) is 11.8 Å². The van der Waals surface area contributed by atoms with Crippen LogP contribution in [0.15, 0.2) is 54.6 Å². The first-order valence-electron chi connectivity index (χ1n) is 5.84. The lowest BCUT2D eigenvalue weighted by molar-refractivity contribution is 0.0734. The predicted octanol–water partition coefficient (Wildman–Crippen LogP) is 2.38. The Morgan fingerprint density at radius 2 is 1.68 bits per heavy atom. The summed E-state index contributed by atoms with van der Waals surface area (Å²) in [6.07, 6.45) is 0.396. The number of carbonyl (C=O) groups is 1. The molecule has 4 nitrogen and oxygen atoms in total. The van der Waals surface area contributed by atoms with Crippen LogP contribution in [0.2, 0.25) is 0 Å². The van der Waals surface area contributed by atoms with Crippen LogP contribution in [0.3, 0.4) is 0 Å². The first-order chi connectivity index (χ1) is 9.15. The van der Waals surface area contributed by atoms with E-state index in [9.17, 15) is 4.79 Å². The zero-order chi connectivity index (χ0) is 13.7. The number of amidine groups is 1. The zero-order valence-corrected chi connectivity index (χ0v) is 10.3. The number of carbonyl (C=O) groups excluding carboxylic acids is 1. The van der Waals surface area contributed by atoms with Crippen molar-refractivity contribution in [2.75, 3.05) is 0 Å². The number of nitrogens with two attached hydrogens (primary N) is 1. The normalized spacial score (nSPS) is 9.89. The van der Waals surface area contributed by atoms with Crippen molar-refractivity contribution < 1.29 is 9.53 Å². The van der Waals surface area contributed by atoms with Gasteiger partial charge < -0.3 is 10.5 Å². The van der Waals surface area contributed by atoms with Crippen molar-refractivity contribution in [3.63, 3.8) is 0 Å². The monoisotopic (exact) mass is 254 g/mol. The SMILES string of the molecule is N=C(N)Cc1ccc(OC(=O)c2ccccc2)cc1. The fourth-order valence-corrected chi connectivity index (χ4v) is 1.64. The number of hydrogen-bond donors (Lipinski definition) is 2. The molecule has 0 saturated carbocycles. The molecule has 2 aromatic carbocycles. The summed E-state index contributed by atoms with van der Waals surface area (Å²) in [6.45, 7) is 0. The summed E-state index contributed by atoms with van der Waals surface area (Å²) in [6, 6.07) is 15.8. The van der Waals surface area contributed by atoms with Crippen molar-refractivity contribution in [2.24, 2.45) is 5.73 Å². The summed E-state index contributed by atoms with van der Waals surface area (Å²) in [5.41, 5.74) is 6.74. The molecule has 0 atom stereocenters. The Hall–Kier alpha value is -2.62. The van der Waals surface area contributed by atoms with E-state index in [0.717, 1.165) is 5.56 Å². The van der Waals surface area contributed by atoms with Crippen LogP contribution in [0.1, 0.15) is 15.9 Å². The molecule has 2 aromatic rings. The van der Waals surface area contributed by atoms with E-state index < -0.39 is 0 Å². The number of esters is 1. The standard InChI is InChI=1S/C15H14N2O2/c16-14(17)10-11-6-8-13(9-7-11)19-15(18)12-4-2-1-3-5-12/h1-9H,10H2,(H3,16,17). The lowest BCUT2D eigenvalue weighted by Crippen LogP contribution is -2.12. The minimum atomic E-state index is -0.389. The molecule has 0 amide bonds. The third-order valence-corrected chi connectivity index (χ3v) is 2.54. The lowest BCUT2D eigenvalue weighted by Gasteiger charge is -2.05. The van der Waals surface area contributed by atoms with E-state index in [1.165, 1.54) is 0 Å². The molecule has 19 heavy (non-hydrogen) atoms. The second kappa shape index (κ2) is 5.82. The number of rotatable bonds is 4. The minimum Gasteiger partial charge on any atom is -0.423 e. The summed E-state index contributed by atoms with van der Waals surface area (Å²) >= 11 is 0. The molecule has 96 valence electrons. The second-order valence-electron chi connectivity index (χ2n) is 4.10. The van der Waals surface area contributed by atoms with E-state index in [4.69, 9.17) is 15.9 Å². The van der Waals surface area contributed by atoms with Crippen LogP contribution in [0.5, 0.6) is 5.75 Å². The number of ether oxygens (including phenoxy) is 1. The van der Waals surface area contributed by atoms with Gasteiger partial charge >= 0.3 is 5.97 Å². The highest BCUT2D eigenvalue weighted by Crippen LogP contribution is 2.14. The van der Waals surface area contributed by atoms with Crippen LogP contribution < -0.4 is 10.5 Å². The molecule has 2 rings (SSSR count). The maximum absolute atomic E-state index is 11.8. The van der Waals surface area contributed by atoms with Crippen molar-refractivity contribution in [1.29, 1.82) is 5.41 Å². The smallest absolute Gasteiger partial charge is 0.343 e. The molecule has 0 bridgehead atoms. The average Bonchev–Trinajstić information content (AvgIpc) is 2.41. The molecule has 0 aliphatic rings. The highest BCUT2D eigenvalue weighted by molar-refractivity contribution is 5.91. The van der Waals surface area contributed by atoms with E-state index in [1.54, 1.807) is 48.5 Å². The molecule has 0 aliphatic heterocycles. The number of benzene rings is 2. The van der Waals surface area contributed by atoms with Crippen LogP contribution >= 0.6 is 0 Å². The van der Waals surface area contributed by atoms with Gasteiger partial charge in [-0.1, -0.05) is 30.3 Å². The Morgan fingerprint density at radius 3 is 2.26 bits per heavy atom. The van der Waals surface area contributed by atoms with E-state index >= 15 is 0 Å². The molecule has 0 aliphatic carbocycles. The van der Waals surface area contributed by atoms with Crippen molar-refractivity contribution in [3.8, 4) is 5.75 Å². The molecule has 0 radical (unpaired) electrons. The molecular formula is C15H14N2O2. The number of hydrogen-bond acceptors (Lipinski definition) is 3. The average molecular weight is 254 g/mol. The van der Waals surface area contributed by atoms with Gasteiger partial charge in [0, 0.05) is 6.42 Å². The Bertz CT molecular complexity index is 577. The molecule has 0 fully saturated rings. The zero-order valence-electron chi connectivity index (χ0n) is 10.3. The summed E-state index contributed by atoms with van der Waals surface area (Å²) in [5.74, 6) is 0.190. The molecule has 0 spiro atoms. The van der Waals surface area contributed by atoms with Gasteiger partial charge in [-0.2, -0.15) is 0 Å². The van der Waals surface area contributed by atoms with Crippen molar-refractivity contribution >= 4 is 11.8 Å². The Labute approximate surface area is 111 Å². The van der Waals surface area contributed by atoms with Gasteiger partial charge in [-0.15, -0.1) is 0 Å². The van der Waals surface area contributed by atoms with Gasteiger partial charge in [-0.25, -0.2) is 4.79 Å². The first-order valence-corrected chi connectivity index (χ1v) is 5.84. The summed E-state index contributed by atoms with van der Waals surface area (Å²) in [4.78, 5) is 11.8. The first kappa shape index (κ1) is 12.8. The topological polar surface area (TPSA) is 76.2 Å². The molecule has 0 saturated heterocycles. The van der Waals surface area contributed by atoms with Gasteiger partial charge in [-0.05, 0) is 29.8 Å². The van der Waals surface area contributed by atoms with E-state index in [1.807, 2.05) is 6.07 Å². The van der Waals surface area contributed by atoms with Crippen LogP contribution in [-0.2, 0) is 6.42 Å². The van der Waals surface area contributed by atoms with Gasteiger partial charge in [0.05, 0.1) is 11.4 Å². The van der Waals surface area contributed by atoms with Gasteiger partial charge in [0.1, 0.15) is 5.75 Å². The fourth-order valence-electron chi connectivity index (χ4n) is 1.64. The summed E-state index contributed by atoms with van der Waals surface area (Å²) in [5, 5.41) is 7.20. The maximum atomic E-state index is 11.8. The van der Waals surface area contributed by atoms with Gasteiger partial charge in [0.15, 0.2) is 0 Å². The van der Waals surface area contributed by atoms with Crippen molar-refractivity contribution in [2.45, 2.75) is 6.42 Å². The maximum Gasteiger partial charge on any atom is 0.343 e. The Morgan fingerprint density at radius 1 is 1.05 bits per heavy atom. The third-order valence-electron chi connectivity index (χ3n) is 2.54. The molecule has 4 heteroatoms. The van der Waals surface area contributed by atoms with Gasteiger partial charge in [-0.3, -0.25) is 5.41 Å². The van der Waals surface area contributed by atoms with Gasteiger partial charge in [0.2, 0.25) is 0 Å². The number of nitrogens with one attached hydrogen (secondary N) is 1. The van der Waals surface area contributed by atoms with Crippen LogP contribution in [0.25, 0.3) is 0 Å². The molecule has 0 aromatic heterocycles. The lowest BCUT2D eigenvalue weighted by atomic mass is 10.1. The largest absolute Gasteiger partial charge is 0.423 e. The summed E-state index contributed by atoms with van der Waals surface area (Å²) in [7, 11) is 0. The van der Waals surface area contributed by atoms with Crippen LogP contribution in [0.4, 0.5) is 0 Å². The van der Waals surface area contributed by atoms with Crippen LogP contribution in [0, 0.1) is 5.41 Å². The van der Waals surface area contributed by atoms with Crippen molar-refractivity contribution in [3.05, 3.63) is 65.7 Å². The van der Waals surface area contributed by atoms with Gasteiger partial charge in [0.25, 0.3) is 0 Å². The fraction of sp³-hybridized carbons (Fsp3) is 0.0667. The molecule has 0 unspecified atom stereocenters. The van der Waals surface area contributed by atoms with Crippen LogP contribution in [-0.4, -0.2) is 11.8 Å². The molecule has 3 N–H and O–H groups in total. The third kappa shape index (κ3) is 3.67. The van der Waals surface area contributed by atoms with E-state index in [0.29, 0.717) is 17.7 Å². The van der Waals surface area contributed by atoms with Crippen molar-refractivity contribution in [1.82, 2.24) is 0 Å². The molecule has 0 heterocycles. The van der Waals surface area contributed by atoms with E-state index in [2.05, 4.69) is 0 Å². The summed E-state index contributed by atoms with van der Waals surface area (Å²) < 4.78 is 5.24.